The van der Waals surface area contributed by atoms with E-state index >= 15 is 0 Å². The van der Waals surface area contributed by atoms with E-state index in [1.165, 1.54) is 51.4 Å². The SMILES string of the molecule is CCCCC/C=C\C=C\C(=O)CCCCCCCC(=O)OC[C@H](COP(=O)(O)OC[C@@H](O)CO)OC(=O)CCCCCCCCCCC(C)C. The third-order valence-corrected chi connectivity index (χ3v) is 8.96. The van der Waals surface area contributed by atoms with E-state index in [1.54, 1.807) is 12.2 Å². The lowest BCUT2D eigenvalue weighted by Crippen LogP contribution is -2.29. The Hall–Kier alpha value is -1.88. The smallest absolute Gasteiger partial charge is 0.462 e. The standard InChI is InChI=1S/C38H69O11P/c1-4-5-6-7-10-15-20-25-34(40)26-21-16-13-18-22-27-37(42)46-31-36(32-48-50(44,45)47-30-35(41)29-39)49-38(43)28-23-17-12-9-8-11-14-19-24-33(2)3/h10,15,20,25,33,35-36,39,41H,4-9,11-14,16-19,21-24,26-32H2,1-3H3,(H,44,45)/b15-10-,25-20+/t35-,36+/m0/s1. The van der Waals surface area contributed by atoms with Crippen LogP contribution in [0.3, 0.4) is 0 Å². The van der Waals surface area contributed by atoms with Gasteiger partial charge in [-0.2, -0.15) is 0 Å². The number of hydrogen-bond donors (Lipinski definition) is 3. The lowest BCUT2D eigenvalue weighted by Gasteiger charge is -2.20. The summed E-state index contributed by atoms with van der Waals surface area (Å²) in [5.74, 6) is -0.165. The summed E-state index contributed by atoms with van der Waals surface area (Å²) in [6.07, 6.45) is 24.2. The molecular formula is C38H69O11P. The number of carbonyl (C=O) groups excluding carboxylic acids is 3. The first kappa shape index (κ1) is 48.1. The van der Waals surface area contributed by atoms with Crippen molar-refractivity contribution in [1.82, 2.24) is 0 Å². The largest absolute Gasteiger partial charge is 0.472 e. The monoisotopic (exact) mass is 732 g/mol. The zero-order valence-electron chi connectivity index (χ0n) is 31.3. The molecule has 0 saturated carbocycles. The van der Waals surface area contributed by atoms with E-state index in [4.69, 9.17) is 19.1 Å². The van der Waals surface area contributed by atoms with Crippen molar-refractivity contribution < 1.29 is 52.6 Å². The van der Waals surface area contributed by atoms with Crippen LogP contribution in [-0.4, -0.2) is 71.5 Å². The first-order valence-electron chi connectivity index (χ1n) is 19.1. The number of allylic oxidation sites excluding steroid dienone is 4. The molecule has 0 aliphatic heterocycles. The Morgan fingerprint density at radius 2 is 1.26 bits per heavy atom. The van der Waals surface area contributed by atoms with Crippen LogP contribution in [0.15, 0.2) is 24.3 Å². The summed E-state index contributed by atoms with van der Waals surface area (Å²) in [4.78, 5) is 46.8. The minimum absolute atomic E-state index is 0.108. The van der Waals surface area contributed by atoms with Crippen molar-refractivity contribution in [2.24, 2.45) is 5.92 Å². The number of unbranched alkanes of at least 4 members (excludes halogenated alkanes) is 14. The molecule has 0 amide bonds. The van der Waals surface area contributed by atoms with Gasteiger partial charge in [-0.3, -0.25) is 23.4 Å². The zero-order valence-corrected chi connectivity index (χ0v) is 32.2. The highest BCUT2D eigenvalue weighted by molar-refractivity contribution is 7.47. The molecule has 0 rings (SSSR count). The quantitative estimate of drug-likeness (QED) is 0.0188. The van der Waals surface area contributed by atoms with Crippen LogP contribution in [-0.2, 0) is 37.5 Å². The molecule has 0 heterocycles. The molecule has 292 valence electrons. The highest BCUT2D eigenvalue weighted by Gasteiger charge is 2.27. The minimum atomic E-state index is -4.63. The molecule has 0 aromatic carbocycles. The van der Waals surface area contributed by atoms with Crippen molar-refractivity contribution in [2.75, 3.05) is 26.4 Å². The molecular weight excluding hydrogens is 663 g/mol. The Bertz CT molecular complexity index is 966. The molecule has 0 fully saturated rings. The van der Waals surface area contributed by atoms with Crippen LogP contribution >= 0.6 is 7.82 Å². The van der Waals surface area contributed by atoms with Crippen molar-refractivity contribution in [1.29, 1.82) is 0 Å². The molecule has 0 spiro atoms. The van der Waals surface area contributed by atoms with Crippen molar-refractivity contribution in [3.63, 3.8) is 0 Å². The molecule has 11 nitrogen and oxygen atoms in total. The maximum atomic E-state index is 12.5. The van der Waals surface area contributed by atoms with Gasteiger partial charge in [-0.15, -0.1) is 0 Å². The van der Waals surface area contributed by atoms with E-state index in [2.05, 4.69) is 31.4 Å². The van der Waals surface area contributed by atoms with E-state index < -0.39 is 51.8 Å². The maximum Gasteiger partial charge on any atom is 0.472 e. The van der Waals surface area contributed by atoms with Crippen LogP contribution in [0.5, 0.6) is 0 Å². The molecule has 12 heteroatoms. The molecule has 0 radical (unpaired) electrons. The van der Waals surface area contributed by atoms with Crippen molar-refractivity contribution in [3.8, 4) is 0 Å². The maximum absolute atomic E-state index is 12.5. The van der Waals surface area contributed by atoms with Crippen LogP contribution in [0.1, 0.15) is 156 Å². The lowest BCUT2D eigenvalue weighted by atomic mass is 10.0. The number of phosphoric acid groups is 1. The van der Waals surface area contributed by atoms with Gasteiger partial charge in [-0.05, 0) is 44.1 Å². The molecule has 3 atom stereocenters. The molecule has 0 aromatic rings. The molecule has 0 aliphatic carbocycles. The summed E-state index contributed by atoms with van der Waals surface area (Å²) < 4.78 is 32.5. The van der Waals surface area contributed by atoms with E-state index in [0.717, 1.165) is 57.3 Å². The molecule has 0 aromatic heterocycles. The Morgan fingerprint density at radius 1 is 0.700 bits per heavy atom. The van der Waals surface area contributed by atoms with Crippen molar-refractivity contribution >= 4 is 25.5 Å². The second kappa shape index (κ2) is 33.0. The number of ether oxygens (including phenoxy) is 2. The highest BCUT2D eigenvalue weighted by Crippen LogP contribution is 2.43. The number of rotatable bonds is 35. The van der Waals surface area contributed by atoms with Crippen molar-refractivity contribution in [2.45, 2.75) is 168 Å². The van der Waals surface area contributed by atoms with Gasteiger partial charge in [-0.1, -0.05) is 122 Å². The summed E-state index contributed by atoms with van der Waals surface area (Å²) in [6, 6.07) is 0. The zero-order chi connectivity index (χ0) is 37.3. The molecule has 3 N–H and O–H groups in total. The van der Waals surface area contributed by atoms with Crippen LogP contribution in [0.25, 0.3) is 0 Å². The van der Waals surface area contributed by atoms with Gasteiger partial charge in [-0.25, -0.2) is 4.57 Å². The van der Waals surface area contributed by atoms with Crippen molar-refractivity contribution in [3.05, 3.63) is 24.3 Å². The second-order valence-corrected chi connectivity index (χ2v) is 14.9. The first-order chi connectivity index (χ1) is 24.0. The average Bonchev–Trinajstić information content (AvgIpc) is 3.08. The Labute approximate surface area is 302 Å². The summed E-state index contributed by atoms with van der Waals surface area (Å²) >= 11 is 0. The van der Waals surface area contributed by atoms with Crippen LogP contribution in [0.4, 0.5) is 0 Å². The number of aliphatic hydroxyl groups excluding tert-OH is 2. The molecule has 0 aliphatic rings. The van der Waals surface area contributed by atoms with Gasteiger partial charge >= 0.3 is 19.8 Å². The Morgan fingerprint density at radius 3 is 1.86 bits per heavy atom. The number of phosphoric ester groups is 1. The predicted octanol–water partition coefficient (Wildman–Crippen LogP) is 8.48. The average molecular weight is 733 g/mol. The van der Waals surface area contributed by atoms with Gasteiger partial charge < -0.3 is 24.6 Å². The van der Waals surface area contributed by atoms with Gasteiger partial charge in [0, 0.05) is 19.3 Å². The molecule has 50 heavy (non-hydrogen) atoms. The Balaban J connectivity index is 4.45. The highest BCUT2D eigenvalue weighted by atomic mass is 31.2. The number of esters is 2. The van der Waals surface area contributed by atoms with Gasteiger partial charge in [0.1, 0.15) is 12.7 Å². The van der Waals surface area contributed by atoms with Gasteiger partial charge in [0.25, 0.3) is 0 Å². The normalized spacial score (nSPS) is 14.3. The Kier molecular flexibility index (Phi) is 31.7. The lowest BCUT2D eigenvalue weighted by molar-refractivity contribution is -0.161. The van der Waals surface area contributed by atoms with E-state index in [9.17, 15) is 28.9 Å². The number of carbonyl (C=O) groups is 3. The van der Waals surface area contributed by atoms with Crippen LogP contribution in [0, 0.1) is 5.92 Å². The fourth-order valence-electron chi connectivity index (χ4n) is 4.98. The fourth-order valence-corrected chi connectivity index (χ4v) is 5.77. The summed E-state index contributed by atoms with van der Waals surface area (Å²) in [5, 5.41) is 18.3. The summed E-state index contributed by atoms with van der Waals surface area (Å²) in [7, 11) is -4.63. The molecule has 0 bridgehead atoms. The summed E-state index contributed by atoms with van der Waals surface area (Å²) in [5.41, 5.74) is 0. The van der Waals surface area contributed by atoms with E-state index in [0.29, 0.717) is 19.3 Å². The van der Waals surface area contributed by atoms with Crippen LogP contribution < -0.4 is 0 Å². The first-order valence-corrected chi connectivity index (χ1v) is 20.6. The number of aliphatic hydroxyl groups is 2. The van der Waals surface area contributed by atoms with E-state index in [1.807, 2.05) is 6.08 Å². The fraction of sp³-hybridized carbons (Fsp3) is 0.816. The topological polar surface area (TPSA) is 166 Å². The molecule has 0 saturated heterocycles. The third kappa shape index (κ3) is 33.3. The van der Waals surface area contributed by atoms with Crippen LogP contribution in [0.2, 0.25) is 0 Å². The second-order valence-electron chi connectivity index (χ2n) is 13.5. The number of ketones is 1. The van der Waals surface area contributed by atoms with E-state index in [-0.39, 0.29) is 25.2 Å². The predicted molar refractivity (Wildman–Crippen MR) is 196 cm³/mol. The minimum Gasteiger partial charge on any atom is -0.462 e. The third-order valence-electron chi connectivity index (χ3n) is 8.01. The molecule has 1 unspecified atom stereocenters. The summed E-state index contributed by atoms with van der Waals surface area (Å²) in [6.45, 7) is 4.43. The number of hydrogen-bond acceptors (Lipinski definition) is 10. The van der Waals surface area contributed by atoms with Gasteiger partial charge in [0.2, 0.25) is 0 Å². The van der Waals surface area contributed by atoms with Gasteiger partial charge in [0.15, 0.2) is 11.9 Å². The van der Waals surface area contributed by atoms with Gasteiger partial charge in [0.05, 0.1) is 19.8 Å².